The highest BCUT2D eigenvalue weighted by molar-refractivity contribution is 5.78. The molecule has 1 saturated heterocycles. The number of carbonyl (C=O) groups is 1. The van der Waals surface area contributed by atoms with E-state index in [9.17, 15) is 4.79 Å². The van der Waals surface area contributed by atoms with Crippen LogP contribution in [-0.4, -0.2) is 56.1 Å². The van der Waals surface area contributed by atoms with E-state index in [1.807, 2.05) is 23.1 Å². The molecule has 1 aliphatic rings. The van der Waals surface area contributed by atoms with Gasteiger partial charge in [-0.15, -0.1) is 0 Å². The molecule has 0 saturated carbocycles. The van der Waals surface area contributed by atoms with Crippen LogP contribution in [0.2, 0.25) is 0 Å². The van der Waals surface area contributed by atoms with Gasteiger partial charge in [0.25, 0.3) is 0 Å². The standard InChI is InChI=1S/C19H30N2O3/c1-5-20(14-19(22)21-10-6-7-15(2)12-21)13-16-8-9-17(23-3)18(11-16)24-4/h8-9,11,15H,5-7,10,12-14H2,1-4H3. The Hall–Kier alpha value is -1.75. The molecule has 5 nitrogen and oxygen atoms in total. The van der Waals surface area contributed by atoms with Gasteiger partial charge >= 0.3 is 0 Å². The zero-order chi connectivity index (χ0) is 17.5. The Morgan fingerprint density at radius 1 is 1.29 bits per heavy atom. The van der Waals surface area contributed by atoms with Crippen LogP contribution in [0.25, 0.3) is 0 Å². The predicted octanol–water partition coefficient (Wildman–Crippen LogP) is 2.78. The summed E-state index contributed by atoms with van der Waals surface area (Å²) >= 11 is 0. The van der Waals surface area contributed by atoms with Gasteiger partial charge in [0.15, 0.2) is 11.5 Å². The molecule has 1 aromatic carbocycles. The second-order valence-corrected chi connectivity index (χ2v) is 6.58. The molecule has 24 heavy (non-hydrogen) atoms. The van der Waals surface area contributed by atoms with Gasteiger partial charge in [-0.3, -0.25) is 9.69 Å². The first kappa shape index (κ1) is 18.6. The van der Waals surface area contributed by atoms with Crippen LogP contribution in [0.3, 0.4) is 0 Å². The summed E-state index contributed by atoms with van der Waals surface area (Å²) in [6, 6.07) is 5.92. The maximum atomic E-state index is 12.6. The van der Waals surface area contributed by atoms with Crippen LogP contribution in [-0.2, 0) is 11.3 Å². The van der Waals surface area contributed by atoms with Crippen molar-refractivity contribution in [1.82, 2.24) is 9.80 Å². The van der Waals surface area contributed by atoms with Crippen molar-refractivity contribution < 1.29 is 14.3 Å². The minimum atomic E-state index is 0.240. The fourth-order valence-electron chi connectivity index (χ4n) is 3.22. The monoisotopic (exact) mass is 334 g/mol. The number of hydrogen-bond acceptors (Lipinski definition) is 4. The fraction of sp³-hybridized carbons (Fsp3) is 0.632. The molecule has 0 N–H and O–H groups in total. The van der Waals surface area contributed by atoms with Crippen molar-refractivity contribution in [2.45, 2.75) is 33.2 Å². The normalized spacial score (nSPS) is 17.9. The summed E-state index contributed by atoms with van der Waals surface area (Å²) in [5, 5.41) is 0. The Morgan fingerprint density at radius 3 is 2.67 bits per heavy atom. The van der Waals surface area contributed by atoms with E-state index in [1.54, 1.807) is 14.2 Å². The van der Waals surface area contributed by atoms with Crippen molar-refractivity contribution in [1.29, 1.82) is 0 Å². The van der Waals surface area contributed by atoms with Crippen molar-refractivity contribution in [3.05, 3.63) is 23.8 Å². The summed E-state index contributed by atoms with van der Waals surface area (Å²) in [4.78, 5) is 16.8. The number of likely N-dealkylation sites (tertiary alicyclic amines) is 1. The average Bonchev–Trinajstić information content (AvgIpc) is 2.60. The van der Waals surface area contributed by atoms with E-state index >= 15 is 0 Å². The number of benzene rings is 1. The summed E-state index contributed by atoms with van der Waals surface area (Å²) < 4.78 is 10.6. The second kappa shape index (κ2) is 8.92. The van der Waals surface area contributed by atoms with Crippen molar-refractivity contribution in [3.63, 3.8) is 0 Å². The van der Waals surface area contributed by atoms with E-state index in [-0.39, 0.29) is 5.91 Å². The molecule has 0 aromatic heterocycles. The molecule has 0 aliphatic carbocycles. The zero-order valence-electron chi connectivity index (χ0n) is 15.4. The number of likely N-dealkylation sites (N-methyl/N-ethyl adjacent to an activating group) is 1. The van der Waals surface area contributed by atoms with Crippen LogP contribution in [0.15, 0.2) is 18.2 Å². The van der Waals surface area contributed by atoms with E-state index in [4.69, 9.17) is 9.47 Å². The first-order valence-electron chi connectivity index (χ1n) is 8.78. The van der Waals surface area contributed by atoms with Crippen molar-refractivity contribution in [2.24, 2.45) is 5.92 Å². The van der Waals surface area contributed by atoms with Gasteiger partial charge in [-0.25, -0.2) is 0 Å². The third kappa shape index (κ3) is 4.87. The van der Waals surface area contributed by atoms with Crippen LogP contribution in [0, 0.1) is 5.92 Å². The Bertz CT molecular complexity index is 547. The van der Waals surface area contributed by atoms with E-state index in [1.165, 1.54) is 6.42 Å². The van der Waals surface area contributed by atoms with E-state index in [0.29, 0.717) is 12.5 Å². The first-order chi connectivity index (χ1) is 11.6. The minimum absolute atomic E-state index is 0.240. The number of ether oxygens (including phenoxy) is 2. The smallest absolute Gasteiger partial charge is 0.236 e. The number of rotatable bonds is 7. The zero-order valence-corrected chi connectivity index (χ0v) is 15.4. The molecule has 134 valence electrons. The molecular formula is C19H30N2O3. The van der Waals surface area contributed by atoms with Crippen LogP contribution < -0.4 is 9.47 Å². The van der Waals surface area contributed by atoms with Gasteiger partial charge in [-0.2, -0.15) is 0 Å². The maximum Gasteiger partial charge on any atom is 0.236 e. The first-order valence-corrected chi connectivity index (χ1v) is 8.78. The summed E-state index contributed by atoms with van der Waals surface area (Å²) in [7, 11) is 3.27. The van der Waals surface area contributed by atoms with Crippen molar-refractivity contribution in [2.75, 3.05) is 40.4 Å². The van der Waals surface area contributed by atoms with Crippen LogP contribution in [0.1, 0.15) is 32.3 Å². The Balaban J connectivity index is 1.97. The number of methoxy groups -OCH3 is 2. The summed E-state index contributed by atoms with van der Waals surface area (Å²) in [6.07, 6.45) is 2.35. The van der Waals surface area contributed by atoms with Gasteiger partial charge in [-0.1, -0.05) is 19.9 Å². The molecular weight excluding hydrogens is 304 g/mol. The number of hydrogen-bond donors (Lipinski definition) is 0. The summed E-state index contributed by atoms with van der Waals surface area (Å²) in [5.74, 6) is 2.30. The highest BCUT2D eigenvalue weighted by Crippen LogP contribution is 2.28. The van der Waals surface area contributed by atoms with E-state index in [2.05, 4.69) is 18.7 Å². The Morgan fingerprint density at radius 2 is 2.04 bits per heavy atom. The Labute approximate surface area is 145 Å². The van der Waals surface area contributed by atoms with E-state index in [0.717, 1.165) is 49.7 Å². The molecule has 1 atom stereocenters. The largest absolute Gasteiger partial charge is 0.493 e. The van der Waals surface area contributed by atoms with Crippen LogP contribution in [0.5, 0.6) is 11.5 Å². The lowest BCUT2D eigenvalue weighted by atomic mass is 10.0. The lowest BCUT2D eigenvalue weighted by Gasteiger charge is -2.32. The lowest BCUT2D eigenvalue weighted by molar-refractivity contribution is -0.134. The summed E-state index contributed by atoms with van der Waals surface area (Å²) in [6.45, 7) is 8.14. The van der Waals surface area contributed by atoms with Crippen molar-refractivity contribution in [3.8, 4) is 11.5 Å². The van der Waals surface area contributed by atoms with Gasteiger partial charge in [0.1, 0.15) is 0 Å². The third-order valence-corrected chi connectivity index (χ3v) is 4.67. The minimum Gasteiger partial charge on any atom is -0.493 e. The van der Waals surface area contributed by atoms with Gasteiger partial charge in [0.2, 0.25) is 5.91 Å². The SMILES string of the molecule is CCN(CC(=O)N1CCCC(C)C1)Cc1ccc(OC)c(OC)c1. The number of piperidine rings is 1. The molecule has 1 fully saturated rings. The lowest BCUT2D eigenvalue weighted by Crippen LogP contribution is -2.44. The molecule has 1 aliphatic heterocycles. The molecule has 1 amide bonds. The summed E-state index contributed by atoms with van der Waals surface area (Å²) in [5.41, 5.74) is 1.12. The van der Waals surface area contributed by atoms with Crippen LogP contribution >= 0.6 is 0 Å². The molecule has 1 aromatic rings. The van der Waals surface area contributed by atoms with E-state index < -0.39 is 0 Å². The highest BCUT2D eigenvalue weighted by atomic mass is 16.5. The fourth-order valence-corrected chi connectivity index (χ4v) is 3.22. The molecule has 0 radical (unpaired) electrons. The number of amides is 1. The topological polar surface area (TPSA) is 42.0 Å². The molecule has 1 unspecified atom stereocenters. The third-order valence-electron chi connectivity index (χ3n) is 4.67. The molecule has 1 heterocycles. The quantitative estimate of drug-likeness (QED) is 0.769. The van der Waals surface area contributed by atoms with Crippen molar-refractivity contribution >= 4 is 5.91 Å². The molecule has 2 rings (SSSR count). The van der Waals surface area contributed by atoms with Gasteiger partial charge < -0.3 is 14.4 Å². The predicted molar refractivity (Wildman–Crippen MR) is 95.5 cm³/mol. The molecule has 0 spiro atoms. The van der Waals surface area contributed by atoms with Gasteiger partial charge in [0.05, 0.1) is 20.8 Å². The average molecular weight is 334 g/mol. The second-order valence-electron chi connectivity index (χ2n) is 6.58. The number of carbonyl (C=O) groups excluding carboxylic acids is 1. The number of nitrogens with zero attached hydrogens (tertiary/aromatic N) is 2. The van der Waals surface area contributed by atoms with Crippen LogP contribution in [0.4, 0.5) is 0 Å². The maximum absolute atomic E-state index is 12.6. The van der Waals surface area contributed by atoms with Gasteiger partial charge in [-0.05, 0) is 43.0 Å². The highest BCUT2D eigenvalue weighted by Gasteiger charge is 2.22. The Kier molecular flexibility index (Phi) is 6.91. The molecule has 5 heteroatoms. The molecule has 0 bridgehead atoms. The van der Waals surface area contributed by atoms with Gasteiger partial charge in [0, 0.05) is 19.6 Å².